The molecule has 1 amide bonds. The van der Waals surface area contributed by atoms with Gasteiger partial charge in [0.15, 0.2) is 0 Å². The van der Waals surface area contributed by atoms with Crippen molar-refractivity contribution in [1.29, 1.82) is 0 Å². The summed E-state index contributed by atoms with van der Waals surface area (Å²) >= 11 is 1.53. The molecule has 19 heavy (non-hydrogen) atoms. The Balaban J connectivity index is 2.11. The number of nitrogens with one attached hydrogen (secondary N) is 2. The number of anilines is 1. The maximum absolute atomic E-state index is 13.7. The Morgan fingerprint density at radius 3 is 3.16 bits per heavy atom. The summed E-state index contributed by atoms with van der Waals surface area (Å²) in [5.74, 6) is -0.514. The van der Waals surface area contributed by atoms with Crippen LogP contribution in [0.5, 0.6) is 0 Å². The van der Waals surface area contributed by atoms with Gasteiger partial charge in [0.1, 0.15) is 11.9 Å². The number of H-pyrrole nitrogens is 1. The van der Waals surface area contributed by atoms with E-state index in [1.54, 1.807) is 0 Å². The number of aliphatic hydroxyl groups excluding tert-OH is 1. The Labute approximate surface area is 113 Å². The van der Waals surface area contributed by atoms with Crippen LogP contribution in [0.15, 0.2) is 18.5 Å². The van der Waals surface area contributed by atoms with Crippen LogP contribution in [0.25, 0.3) is 11.0 Å². The number of hydrogen-bond donors (Lipinski definition) is 3. The van der Waals surface area contributed by atoms with Crippen LogP contribution in [0, 0.1) is 5.82 Å². The van der Waals surface area contributed by atoms with E-state index in [-0.39, 0.29) is 5.69 Å². The van der Waals surface area contributed by atoms with E-state index in [1.165, 1.54) is 30.2 Å². The largest absolute Gasteiger partial charge is 0.383 e. The van der Waals surface area contributed by atoms with Crippen molar-refractivity contribution < 1.29 is 14.3 Å². The number of aromatic nitrogens is 2. The van der Waals surface area contributed by atoms with Gasteiger partial charge in [0.25, 0.3) is 5.91 Å². The first-order chi connectivity index (χ1) is 9.11. The maximum atomic E-state index is 13.7. The van der Waals surface area contributed by atoms with Gasteiger partial charge in [0, 0.05) is 6.07 Å². The van der Waals surface area contributed by atoms with Crippen molar-refractivity contribution in [3.05, 3.63) is 24.3 Å². The molecule has 0 saturated carbocycles. The van der Waals surface area contributed by atoms with Crippen molar-refractivity contribution in [2.24, 2.45) is 0 Å². The Morgan fingerprint density at radius 1 is 1.63 bits per heavy atom. The molecule has 2 aromatic rings. The smallest absolute Gasteiger partial charge is 0.253 e. The quantitative estimate of drug-likeness (QED) is 0.781. The Bertz CT molecular complexity index is 587. The minimum absolute atomic E-state index is 0.0211. The molecule has 1 unspecified atom stereocenters. The highest BCUT2D eigenvalue weighted by Crippen LogP contribution is 2.20. The average Bonchev–Trinajstić information content (AvgIpc) is 2.83. The van der Waals surface area contributed by atoms with Gasteiger partial charge in [-0.1, -0.05) is 0 Å². The van der Waals surface area contributed by atoms with Crippen LogP contribution in [-0.4, -0.2) is 39.1 Å². The lowest BCUT2D eigenvalue weighted by Gasteiger charge is -2.11. The zero-order chi connectivity index (χ0) is 13.8. The second kappa shape index (κ2) is 6.03. The molecule has 0 radical (unpaired) electrons. The summed E-state index contributed by atoms with van der Waals surface area (Å²) in [6.45, 7) is 0. The van der Waals surface area contributed by atoms with Gasteiger partial charge in [-0.15, -0.1) is 0 Å². The van der Waals surface area contributed by atoms with Crippen LogP contribution >= 0.6 is 11.8 Å². The van der Waals surface area contributed by atoms with Gasteiger partial charge in [-0.25, -0.2) is 9.37 Å². The summed E-state index contributed by atoms with van der Waals surface area (Å²) in [5, 5.41) is 12.0. The first kappa shape index (κ1) is 13.8. The molecule has 1 heterocycles. The zero-order valence-corrected chi connectivity index (χ0v) is 11.1. The highest BCUT2D eigenvalue weighted by molar-refractivity contribution is 7.98. The van der Waals surface area contributed by atoms with Crippen molar-refractivity contribution in [3.8, 4) is 0 Å². The fraction of sp³-hybridized carbons (Fsp3) is 0.333. The van der Waals surface area contributed by atoms with Gasteiger partial charge in [0.2, 0.25) is 0 Å². The van der Waals surface area contributed by atoms with Crippen molar-refractivity contribution in [2.45, 2.75) is 12.5 Å². The van der Waals surface area contributed by atoms with Gasteiger partial charge in [-0.05, 0) is 24.5 Å². The van der Waals surface area contributed by atoms with Gasteiger partial charge in [0.05, 0.1) is 23.0 Å². The van der Waals surface area contributed by atoms with Crippen LogP contribution in [0.2, 0.25) is 0 Å². The molecule has 0 spiro atoms. The number of nitrogens with zero attached hydrogens (tertiary/aromatic N) is 1. The molecular weight excluding hydrogens is 269 g/mol. The summed E-state index contributed by atoms with van der Waals surface area (Å²) in [7, 11) is 0. The summed E-state index contributed by atoms with van der Waals surface area (Å²) in [5.41, 5.74) is 1.13. The second-order valence-corrected chi connectivity index (χ2v) is 5.02. The van der Waals surface area contributed by atoms with Crippen molar-refractivity contribution in [3.63, 3.8) is 0 Å². The molecule has 3 N–H and O–H groups in total. The SMILES string of the molecule is CSCCC(O)C(=O)Nc1cc2nc[nH]c2cc1F. The molecule has 5 nitrogen and oxygen atoms in total. The molecule has 0 aliphatic carbocycles. The Hall–Kier alpha value is -1.60. The standard InChI is InChI=1S/C12H14FN3O2S/c1-19-3-2-11(17)12(18)16-8-5-10-9(4-7(8)13)14-6-15-10/h4-6,11,17H,2-3H2,1H3,(H,14,15)(H,16,18). The van der Waals surface area contributed by atoms with Crippen LogP contribution < -0.4 is 5.32 Å². The molecule has 1 aromatic heterocycles. The monoisotopic (exact) mass is 283 g/mol. The molecule has 0 saturated heterocycles. The molecule has 1 aromatic carbocycles. The van der Waals surface area contributed by atoms with Gasteiger partial charge >= 0.3 is 0 Å². The van der Waals surface area contributed by atoms with Gasteiger partial charge in [-0.3, -0.25) is 4.79 Å². The summed E-state index contributed by atoms with van der Waals surface area (Å²) in [6.07, 6.45) is 2.53. The first-order valence-corrected chi connectivity index (χ1v) is 7.11. The van der Waals surface area contributed by atoms with Crippen molar-refractivity contribution in [2.75, 3.05) is 17.3 Å². The predicted octanol–water partition coefficient (Wildman–Crippen LogP) is 1.75. The van der Waals surface area contributed by atoms with Gasteiger partial charge < -0.3 is 15.4 Å². The van der Waals surface area contributed by atoms with E-state index < -0.39 is 17.8 Å². The number of amides is 1. The Morgan fingerprint density at radius 2 is 2.42 bits per heavy atom. The molecule has 1 atom stereocenters. The number of benzene rings is 1. The number of aliphatic hydroxyl groups is 1. The number of hydrogen-bond acceptors (Lipinski definition) is 4. The highest BCUT2D eigenvalue weighted by atomic mass is 32.2. The second-order valence-electron chi connectivity index (χ2n) is 4.04. The third kappa shape index (κ3) is 3.24. The normalized spacial score (nSPS) is 12.6. The number of halogens is 1. The lowest BCUT2D eigenvalue weighted by molar-refractivity contribution is -0.124. The minimum Gasteiger partial charge on any atom is -0.383 e. The van der Waals surface area contributed by atoms with E-state index in [0.717, 1.165) is 0 Å². The van der Waals surface area contributed by atoms with E-state index in [0.29, 0.717) is 23.2 Å². The van der Waals surface area contributed by atoms with E-state index in [9.17, 15) is 14.3 Å². The number of fused-ring (bicyclic) bond motifs is 1. The zero-order valence-electron chi connectivity index (χ0n) is 10.3. The molecule has 102 valence electrons. The summed E-state index contributed by atoms with van der Waals surface area (Å²) < 4.78 is 13.7. The van der Waals surface area contributed by atoms with Crippen LogP contribution in [0.3, 0.4) is 0 Å². The van der Waals surface area contributed by atoms with Crippen molar-refractivity contribution in [1.82, 2.24) is 9.97 Å². The van der Waals surface area contributed by atoms with E-state index in [1.807, 2.05) is 6.26 Å². The molecule has 2 rings (SSSR count). The molecule has 0 aliphatic rings. The molecule has 0 aliphatic heterocycles. The number of aromatic amines is 1. The van der Waals surface area contributed by atoms with Gasteiger partial charge in [-0.2, -0.15) is 11.8 Å². The number of carbonyl (C=O) groups is 1. The fourth-order valence-corrected chi connectivity index (χ4v) is 2.09. The molecule has 0 bridgehead atoms. The van der Waals surface area contributed by atoms with Crippen LogP contribution in [0.1, 0.15) is 6.42 Å². The number of rotatable bonds is 5. The topological polar surface area (TPSA) is 78.0 Å². The molecular formula is C12H14FN3O2S. The first-order valence-electron chi connectivity index (χ1n) is 5.72. The number of thioether (sulfide) groups is 1. The maximum Gasteiger partial charge on any atom is 0.253 e. The Kier molecular flexibility index (Phi) is 4.39. The number of imidazole rings is 1. The predicted molar refractivity (Wildman–Crippen MR) is 73.7 cm³/mol. The third-order valence-corrected chi connectivity index (χ3v) is 3.31. The number of carbonyl (C=O) groups excluding carboxylic acids is 1. The van der Waals surface area contributed by atoms with Crippen LogP contribution in [-0.2, 0) is 4.79 Å². The molecule has 7 heteroatoms. The van der Waals surface area contributed by atoms with E-state index >= 15 is 0 Å². The van der Waals surface area contributed by atoms with E-state index in [4.69, 9.17) is 0 Å². The van der Waals surface area contributed by atoms with Crippen molar-refractivity contribution >= 4 is 34.4 Å². The van der Waals surface area contributed by atoms with E-state index in [2.05, 4.69) is 15.3 Å². The average molecular weight is 283 g/mol. The fourth-order valence-electron chi connectivity index (χ4n) is 1.63. The van der Waals surface area contributed by atoms with Crippen LogP contribution in [0.4, 0.5) is 10.1 Å². The third-order valence-electron chi connectivity index (χ3n) is 2.66. The summed E-state index contributed by atoms with van der Waals surface area (Å²) in [4.78, 5) is 18.4. The highest BCUT2D eigenvalue weighted by Gasteiger charge is 2.16. The summed E-state index contributed by atoms with van der Waals surface area (Å²) in [6, 6.07) is 2.69. The lowest BCUT2D eigenvalue weighted by Crippen LogP contribution is -2.28. The minimum atomic E-state index is -1.14. The molecule has 0 fully saturated rings. The lowest BCUT2D eigenvalue weighted by atomic mass is 10.2.